The third-order valence-electron chi connectivity index (χ3n) is 1.72. The van der Waals surface area contributed by atoms with Crippen molar-refractivity contribution < 1.29 is 37.5 Å². The highest BCUT2D eigenvalue weighted by atomic mass is 32.2. The van der Waals surface area contributed by atoms with E-state index in [1.165, 1.54) is 19.1 Å². The van der Waals surface area contributed by atoms with Crippen LogP contribution < -0.4 is 4.74 Å². The molecule has 0 radical (unpaired) electrons. The average Bonchev–Trinajstić information content (AvgIpc) is 2.27. The number of carboxylic acids is 1. The third-order valence-corrected chi connectivity index (χ3v) is 2.42. The minimum Gasteiger partial charge on any atom is -0.478 e. The van der Waals surface area contributed by atoms with Crippen LogP contribution in [0.3, 0.4) is 0 Å². The fraction of sp³-hybridized carbons (Fsp3) is 0.273. The van der Waals surface area contributed by atoms with Crippen LogP contribution in [-0.2, 0) is 14.9 Å². The van der Waals surface area contributed by atoms with Gasteiger partial charge in [-0.1, -0.05) is 12.1 Å². The molecule has 0 heterocycles. The van der Waals surface area contributed by atoms with E-state index in [0.717, 1.165) is 0 Å². The summed E-state index contributed by atoms with van der Waals surface area (Å²) in [5.74, 6) is -2.15. The first kappa shape index (κ1) is 18.0. The summed E-state index contributed by atoms with van der Waals surface area (Å²) in [6.45, 7) is 0.692. The molecule has 1 rings (SSSR count). The van der Waals surface area contributed by atoms with Gasteiger partial charge >= 0.3 is 11.9 Å². The van der Waals surface area contributed by atoms with Crippen LogP contribution in [0.2, 0.25) is 0 Å². The number of carbonyl (C=O) groups is 2. The number of aromatic carboxylic acids is 1. The molecule has 3 N–H and O–H groups in total. The van der Waals surface area contributed by atoms with Crippen molar-refractivity contribution in [3.8, 4) is 5.75 Å². The Kier molecular flexibility index (Phi) is 7.44. The minimum absolute atomic E-state index is 0.0160. The average molecular weight is 306 g/mol. The number of hydrogen-bond donors (Lipinski definition) is 3. The van der Waals surface area contributed by atoms with Crippen LogP contribution in [0.1, 0.15) is 17.3 Å². The lowest BCUT2D eigenvalue weighted by atomic mass is 10.2. The predicted molar refractivity (Wildman–Crippen MR) is 68.2 cm³/mol. The van der Waals surface area contributed by atoms with E-state index in [4.69, 9.17) is 14.8 Å². The van der Waals surface area contributed by atoms with Gasteiger partial charge in [-0.25, -0.2) is 4.79 Å². The molecule has 1 aromatic carbocycles. The number of esters is 1. The Labute approximate surface area is 115 Å². The summed E-state index contributed by atoms with van der Waals surface area (Å²) in [7, 11) is -3.92. The lowest BCUT2D eigenvalue weighted by Crippen LogP contribution is -2.06. The highest BCUT2D eigenvalue weighted by molar-refractivity contribution is 7.85. The van der Waals surface area contributed by atoms with Crippen molar-refractivity contribution in [1.82, 2.24) is 0 Å². The van der Waals surface area contributed by atoms with Gasteiger partial charge in [0.25, 0.3) is 10.1 Å². The van der Waals surface area contributed by atoms with E-state index < -0.39 is 34.4 Å². The second-order valence-electron chi connectivity index (χ2n) is 3.40. The molecule has 112 valence electrons. The van der Waals surface area contributed by atoms with E-state index in [0.29, 0.717) is 0 Å². The molecule has 0 spiro atoms. The first-order valence-electron chi connectivity index (χ1n) is 5.24. The second-order valence-corrected chi connectivity index (χ2v) is 4.98. The fourth-order valence-electron chi connectivity index (χ4n) is 1.00. The molecule has 0 amide bonds. The Hall–Kier alpha value is -1.97. The van der Waals surface area contributed by atoms with E-state index in [1.54, 1.807) is 12.1 Å². The summed E-state index contributed by atoms with van der Waals surface area (Å²) >= 11 is 0. The quantitative estimate of drug-likeness (QED) is 0.406. The highest BCUT2D eigenvalue weighted by Crippen LogP contribution is 2.17. The van der Waals surface area contributed by atoms with Crippen LogP contribution in [-0.4, -0.2) is 47.5 Å². The molecule has 0 aliphatic rings. The predicted octanol–water partition coefficient (Wildman–Crippen LogP) is 0.177. The minimum atomic E-state index is -3.92. The van der Waals surface area contributed by atoms with E-state index in [-0.39, 0.29) is 11.3 Å². The molecule has 0 bridgehead atoms. The summed E-state index contributed by atoms with van der Waals surface area (Å²) < 4.78 is 31.8. The van der Waals surface area contributed by atoms with Crippen molar-refractivity contribution in [3.63, 3.8) is 0 Å². The summed E-state index contributed by atoms with van der Waals surface area (Å²) in [5, 5.41) is 16.5. The van der Waals surface area contributed by atoms with E-state index in [9.17, 15) is 18.0 Å². The highest BCUT2D eigenvalue weighted by Gasteiger charge is 2.10. The van der Waals surface area contributed by atoms with Gasteiger partial charge in [-0.15, -0.1) is 0 Å². The lowest BCUT2D eigenvalue weighted by molar-refractivity contribution is -0.131. The summed E-state index contributed by atoms with van der Waals surface area (Å²) in [4.78, 5) is 21.2. The maximum absolute atomic E-state index is 10.6. The maximum Gasteiger partial charge on any atom is 0.339 e. The molecule has 1 aromatic rings. The normalized spacial score (nSPS) is 10.2. The van der Waals surface area contributed by atoms with Crippen molar-refractivity contribution in [2.45, 2.75) is 6.92 Å². The molecule has 0 aliphatic carbocycles. The van der Waals surface area contributed by atoms with E-state index >= 15 is 0 Å². The monoisotopic (exact) mass is 306 g/mol. The van der Waals surface area contributed by atoms with Gasteiger partial charge in [0.05, 0.1) is 12.4 Å². The van der Waals surface area contributed by atoms with Gasteiger partial charge in [0.15, 0.2) is 0 Å². The fourth-order valence-corrected chi connectivity index (χ4v) is 1.23. The summed E-state index contributed by atoms with van der Waals surface area (Å²) in [6.07, 6.45) is 0. The molecule has 9 heteroatoms. The Morgan fingerprint density at radius 2 is 1.80 bits per heavy atom. The van der Waals surface area contributed by atoms with Crippen molar-refractivity contribution in [2.24, 2.45) is 0 Å². The van der Waals surface area contributed by atoms with Crippen LogP contribution in [0, 0.1) is 0 Å². The molecular weight excluding hydrogens is 292 g/mol. The van der Waals surface area contributed by atoms with Crippen LogP contribution in [0.25, 0.3) is 0 Å². The Bertz CT molecular complexity index is 564. The van der Waals surface area contributed by atoms with Gasteiger partial charge in [-0.3, -0.25) is 9.35 Å². The number of aliphatic hydroxyl groups is 1. The van der Waals surface area contributed by atoms with Gasteiger partial charge in [-0.2, -0.15) is 8.42 Å². The van der Waals surface area contributed by atoms with E-state index in [2.05, 4.69) is 4.74 Å². The molecule has 0 aromatic heterocycles. The zero-order chi connectivity index (χ0) is 15.8. The van der Waals surface area contributed by atoms with Crippen molar-refractivity contribution in [3.05, 3.63) is 29.8 Å². The number of carbonyl (C=O) groups excluding carboxylic acids is 1. The first-order valence-corrected chi connectivity index (χ1v) is 6.85. The number of rotatable bonds is 4. The van der Waals surface area contributed by atoms with Crippen LogP contribution >= 0.6 is 0 Å². The molecule has 0 unspecified atom stereocenters. The lowest BCUT2D eigenvalue weighted by Gasteiger charge is -2.03. The van der Waals surface area contributed by atoms with Gasteiger partial charge in [0.2, 0.25) is 0 Å². The van der Waals surface area contributed by atoms with Crippen molar-refractivity contribution >= 4 is 22.1 Å². The summed E-state index contributed by atoms with van der Waals surface area (Å²) in [5.41, 5.74) is -0.0160. The number of para-hydroxylation sites is 1. The molecule has 0 saturated carbocycles. The second kappa shape index (κ2) is 8.25. The van der Waals surface area contributed by atoms with Crippen LogP contribution in [0.4, 0.5) is 0 Å². The van der Waals surface area contributed by atoms with Gasteiger partial charge in [0.1, 0.15) is 11.3 Å². The molecule has 20 heavy (non-hydrogen) atoms. The van der Waals surface area contributed by atoms with E-state index in [1.807, 2.05) is 0 Å². The topological polar surface area (TPSA) is 138 Å². The SMILES string of the molecule is CC(=O)Oc1ccccc1C(=O)O.O=S(=O)(O)CCO. The van der Waals surface area contributed by atoms with Gasteiger partial charge in [0, 0.05) is 6.92 Å². The van der Waals surface area contributed by atoms with Gasteiger partial charge < -0.3 is 14.9 Å². The van der Waals surface area contributed by atoms with Crippen molar-refractivity contribution in [1.29, 1.82) is 0 Å². The number of ether oxygens (including phenoxy) is 1. The number of carboxylic acid groups (broad SMARTS) is 1. The molecule has 8 nitrogen and oxygen atoms in total. The first-order chi connectivity index (χ1) is 9.17. The Morgan fingerprint density at radius 1 is 1.25 bits per heavy atom. The smallest absolute Gasteiger partial charge is 0.339 e. The molecule has 0 saturated heterocycles. The Morgan fingerprint density at radius 3 is 2.15 bits per heavy atom. The third kappa shape index (κ3) is 8.19. The Balaban J connectivity index is 0.000000441. The number of aliphatic hydroxyl groups excluding tert-OH is 1. The number of hydrogen-bond acceptors (Lipinski definition) is 6. The maximum atomic E-state index is 10.6. The van der Waals surface area contributed by atoms with Crippen molar-refractivity contribution in [2.75, 3.05) is 12.4 Å². The molecule has 0 aliphatic heterocycles. The zero-order valence-corrected chi connectivity index (χ0v) is 11.3. The van der Waals surface area contributed by atoms with Crippen LogP contribution in [0.5, 0.6) is 5.75 Å². The molecular formula is C11H14O8S. The molecule has 0 fully saturated rings. The number of benzene rings is 1. The standard InChI is InChI=1S/C9H8O4.C2H6O4S/c1-6(10)13-8-5-3-2-4-7(8)9(11)12;3-1-2-7(4,5)6/h2-5H,1H3,(H,11,12);3H,1-2H2,(H,4,5,6). The van der Waals surface area contributed by atoms with Gasteiger partial charge in [-0.05, 0) is 12.1 Å². The summed E-state index contributed by atoms with van der Waals surface area (Å²) in [6, 6.07) is 5.98. The van der Waals surface area contributed by atoms with Crippen LogP contribution in [0.15, 0.2) is 24.3 Å². The zero-order valence-electron chi connectivity index (χ0n) is 10.5. The molecule has 0 atom stereocenters. The largest absolute Gasteiger partial charge is 0.478 e.